The van der Waals surface area contributed by atoms with Gasteiger partial charge in [-0.1, -0.05) is 11.6 Å². The second-order valence-corrected chi connectivity index (χ2v) is 5.90. The van der Waals surface area contributed by atoms with Gasteiger partial charge < -0.3 is 9.97 Å². The Kier molecular flexibility index (Phi) is 4.92. The number of nitriles is 1. The van der Waals surface area contributed by atoms with Crippen molar-refractivity contribution in [3.63, 3.8) is 0 Å². The molecule has 27 heavy (non-hydrogen) atoms. The quantitative estimate of drug-likeness (QED) is 0.442. The Morgan fingerprint density at radius 1 is 0.889 bits per heavy atom. The third-order valence-corrected chi connectivity index (χ3v) is 4.06. The molecule has 4 rings (SSSR count). The Morgan fingerprint density at radius 3 is 1.96 bits per heavy atom. The minimum Gasteiger partial charge on any atom is -0.313 e. The van der Waals surface area contributed by atoms with Crippen LogP contribution < -0.4 is 11.1 Å². The topological polar surface area (TPSA) is 141 Å². The van der Waals surface area contributed by atoms with Crippen LogP contribution in [0.2, 0.25) is 5.15 Å². The van der Waals surface area contributed by atoms with E-state index in [2.05, 4.69) is 29.9 Å². The largest absolute Gasteiger partial charge is 0.313 e. The molecule has 0 aliphatic carbocycles. The number of rotatable bonds is 0. The minimum absolute atomic E-state index is 0.178. The predicted octanol–water partition coefficient (Wildman–Crippen LogP) is 1.78. The summed E-state index contributed by atoms with van der Waals surface area (Å²) in [5.41, 5.74) is 2.04. The van der Waals surface area contributed by atoms with Gasteiger partial charge in [-0.05, 0) is 25.0 Å². The zero-order valence-corrected chi connectivity index (χ0v) is 15.0. The van der Waals surface area contributed by atoms with Crippen LogP contribution in [0.1, 0.15) is 16.8 Å². The van der Waals surface area contributed by atoms with Crippen LogP contribution in [0.3, 0.4) is 0 Å². The highest BCUT2D eigenvalue weighted by Gasteiger charge is 2.08. The Morgan fingerprint density at radius 2 is 1.41 bits per heavy atom. The third-order valence-electron chi connectivity index (χ3n) is 3.78. The van der Waals surface area contributed by atoms with Gasteiger partial charge in [0.25, 0.3) is 11.1 Å². The van der Waals surface area contributed by atoms with Crippen molar-refractivity contribution >= 4 is 33.4 Å². The molecular weight excluding hydrogens is 370 g/mol. The summed E-state index contributed by atoms with van der Waals surface area (Å²) in [5, 5.41) is 9.94. The maximum absolute atomic E-state index is 11.4. The van der Waals surface area contributed by atoms with Gasteiger partial charge in [0.2, 0.25) is 0 Å². The fourth-order valence-corrected chi connectivity index (χ4v) is 2.71. The lowest BCUT2D eigenvalue weighted by molar-refractivity contribution is 1.14. The highest BCUT2D eigenvalue weighted by atomic mass is 35.5. The molecule has 0 unspecified atom stereocenters. The monoisotopic (exact) mass is 381 g/mol. The van der Waals surface area contributed by atoms with Crippen molar-refractivity contribution in [1.29, 1.82) is 5.26 Å². The van der Waals surface area contributed by atoms with Gasteiger partial charge in [-0.3, -0.25) is 9.59 Å². The Bertz CT molecular complexity index is 1320. The van der Waals surface area contributed by atoms with Crippen LogP contribution in [0.4, 0.5) is 0 Å². The number of aryl methyl sites for hydroxylation is 2. The summed E-state index contributed by atoms with van der Waals surface area (Å²) in [5.74, 6) is 0. The molecule has 0 amide bonds. The highest BCUT2D eigenvalue weighted by Crippen LogP contribution is 2.17. The lowest BCUT2D eigenvalue weighted by Gasteiger charge is -1.99. The minimum atomic E-state index is -0.244. The SMILES string of the molecule is Cc1cnc(C#N)c2nc[nH]c(=O)c12.Cc1cnc(Cl)c2nc[nH]c(=O)c12. The van der Waals surface area contributed by atoms with Crippen molar-refractivity contribution in [3.8, 4) is 6.07 Å². The van der Waals surface area contributed by atoms with Crippen LogP contribution in [0.5, 0.6) is 0 Å². The normalized spacial score (nSPS) is 10.3. The lowest BCUT2D eigenvalue weighted by Crippen LogP contribution is -2.09. The van der Waals surface area contributed by atoms with Crippen molar-refractivity contribution < 1.29 is 0 Å². The van der Waals surface area contributed by atoms with Gasteiger partial charge in [-0.15, -0.1) is 0 Å². The summed E-state index contributed by atoms with van der Waals surface area (Å²) in [7, 11) is 0. The summed E-state index contributed by atoms with van der Waals surface area (Å²) < 4.78 is 0. The Hall–Kier alpha value is -3.64. The molecule has 9 nitrogen and oxygen atoms in total. The first kappa shape index (κ1) is 18.2. The van der Waals surface area contributed by atoms with Crippen molar-refractivity contribution in [3.05, 3.63) is 67.7 Å². The third kappa shape index (κ3) is 3.38. The van der Waals surface area contributed by atoms with Crippen LogP contribution in [0, 0.1) is 25.2 Å². The van der Waals surface area contributed by atoms with Crippen LogP contribution >= 0.6 is 11.6 Å². The van der Waals surface area contributed by atoms with E-state index in [4.69, 9.17) is 16.9 Å². The van der Waals surface area contributed by atoms with E-state index in [1.165, 1.54) is 18.9 Å². The number of aromatic nitrogens is 6. The first-order valence-corrected chi connectivity index (χ1v) is 8.03. The molecule has 134 valence electrons. The molecule has 0 radical (unpaired) electrons. The molecule has 0 spiro atoms. The maximum atomic E-state index is 11.4. The summed E-state index contributed by atoms with van der Waals surface area (Å²) in [6, 6.07) is 1.90. The molecule has 4 aromatic heterocycles. The number of H-pyrrole nitrogens is 2. The predicted molar refractivity (Wildman–Crippen MR) is 99.5 cm³/mol. The number of halogens is 1. The molecule has 0 aliphatic heterocycles. The average molecular weight is 382 g/mol. The number of nitrogens with one attached hydrogen (secondary N) is 2. The second kappa shape index (κ2) is 7.31. The van der Waals surface area contributed by atoms with Gasteiger partial charge in [-0.2, -0.15) is 5.26 Å². The molecule has 0 aromatic carbocycles. The number of nitrogens with zero attached hydrogens (tertiary/aromatic N) is 5. The number of fused-ring (bicyclic) bond motifs is 2. The number of aromatic amines is 2. The standard InChI is InChI=1S/C9H6N4O.C8H6ClN3O/c1-5-3-11-6(2-10)8-7(5)9(14)13-4-12-8;1-4-2-10-7(9)6-5(4)8(13)12-3-11-6/h3-4H,1H3,(H,12,13,14);2-3H,1H3,(H,11,12,13). The molecule has 0 atom stereocenters. The zero-order chi connectivity index (χ0) is 19.6. The fraction of sp³-hybridized carbons (Fsp3) is 0.118. The zero-order valence-electron chi connectivity index (χ0n) is 14.2. The fourth-order valence-electron chi connectivity index (χ4n) is 2.52. The number of hydrogen-bond donors (Lipinski definition) is 2. The molecule has 0 saturated heterocycles. The average Bonchev–Trinajstić information content (AvgIpc) is 2.66. The van der Waals surface area contributed by atoms with Gasteiger partial charge in [0, 0.05) is 12.4 Å². The summed E-state index contributed by atoms with van der Waals surface area (Å²) in [6.07, 6.45) is 5.64. The second-order valence-electron chi connectivity index (χ2n) is 5.54. The van der Waals surface area contributed by atoms with Gasteiger partial charge in [0.05, 0.1) is 23.4 Å². The molecule has 0 fully saturated rings. The molecule has 0 aliphatic rings. The van der Waals surface area contributed by atoms with E-state index in [0.29, 0.717) is 27.4 Å². The maximum Gasteiger partial charge on any atom is 0.258 e. The molecule has 4 heterocycles. The molecule has 0 bridgehead atoms. The molecule has 2 N–H and O–H groups in total. The smallest absolute Gasteiger partial charge is 0.258 e. The summed E-state index contributed by atoms with van der Waals surface area (Å²) >= 11 is 5.77. The van der Waals surface area contributed by atoms with E-state index in [-0.39, 0.29) is 22.0 Å². The molecule has 0 saturated carbocycles. The van der Waals surface area contributed by atoms with E-state index in [0.717, 1.165) is 5.56 Å². The Labute approximate surface area is 156 Å². The van der Waals surface area contributed by atoms with Crippen LogP contribution in [0.25, 0.3) is 21.8 Å². The molecule has 10 heteroatoms. The van der Waals surface area contributed by atoms with E-state index < -0.39 is 0 Å². The van der Waals surface area contributed by atoms with Crippen LogP contribution in [-0.4, -0.2) is 29.9 Å². The number of hydrogen-bond acceptors (Lipinski definition) is 7. The first-order valence-electron chi connectivity index (χ1n) is 7.65. The van der Waals surface area contributed by atoms with Crippen molar-refractivity contribution in [2.45, 2.75) is 13.8 Å². The molecular formula is C17H12ClN7O2. The van der Waals surface area contributed by atoms with Crippen LogP contribution in [0.15, 0.2) is 34.6 Å². The molecule has 4 aromatic rings. The first-order chi connectivity index (χ1) is 12.9. The lowest BCUT2D eigenvalue weighted by atomic mass is 10.1. The van der Waals surface area contributed by atoms with E-state index in [1.807, 2.05) is 6.07 Å². The van der Waals surface area contributed by atoms with Gasteiger partial charge >= 0.3 is 0 Å². The van der Waals surface area contributed by atoms with Gasteiger partial charge in [0.1, 0.15) is 17.1 Å². The van der Waals surface area contributed by atoms with Gasteiger partial charge in [0.15, 0.2) is 10.8 Å². The summed E-state index contributed by atoms with van der Waals surface area (Å²) in [6.45, 7) is 3.55. The van der Waals surface area contributed by atoms with Crippen molar-refractivity contribution in [1.82, 2.24) is 29.9 Å². The van der Waals surface area contributed by atoms with Gasteiger partial charge in [-0.25, -0.2) is 19.9 Å². The van der Waals surface area contributed by atoms with E-state index in [1.54, 1.807) is 20.0 Å². The summed E-state index contributed by atoms with van der Waals surface area (Å²) in [4.78, 5) is 43.4. The van der Waals surface area contributed by atoms with E-state index in [9.17, 15) is 9.59 Å². The highest BCUT2D eigenvalue weighted by molar-refractivity contribution is 6.33. The van der Waals surface area contributed by atoms with E-state index >= 15 is 0 Å². The number of pyridine rings is 2. The van der Waals surface area contributed by atoms with Crippen LogP contribution in [-0.2, 0) is 0 Å². The Balaban J connectivity index is 0.000000156. The van der Waals surface area contributed by atoms with Crippen molar-refractivity contribution in [2.75, 3.05) is 0 Å². The van der Waals surface area contributed by atoms with Crippen molar-refractivity contribution in [2.24, 2.45) is 0 Å².